The maximum atomic E-state index is 4.48. The molecule has 8 rings (SSSR count). The molecular formula is C45H44N12. The first-order valence-corrected chi connectivity index (χ1v) is 18.6. The van der Waals surface area contributed by atoms with E-state index in [4.69, 9.17) is 0 Å². The van der Waals surface area contributed by atoms with Gasteiger partial charge in [0.15, 0.2) is 0 Å². The molecule has 57 heavy (non-hydrogen) atoms. The van der Waals surface area contributed by atoms with Gasteiger partial charge >= 0.3 is 0 Å². The Morgan fingerprint density at radius 2 is 0.368 bits per heavy atom. The van der Waals surface area contributed by atoms with E-state index < -0.39 is 0 Å². The Labute approximate surface area is 333 Å². The van der Waals surface area contributed by atoms with E-state index in [2.05, 4.69) is 75.7 Å². The summed E-state index contributed by atoms with van der Waals surface area (Å²) in [6, 6.07) is 58.7. The minimum Gasteiger partial charge on any atom is -0.324 e. The molecule has 284 valence electrons. The Bertz CT molecular complexity index is 1880. The molecule has 0 aliphatic carbocycles. The smallest absolute Gasteiger partial charge is 0.233 e. The molecule has 8 aromatic rings. The third-order valence-electron chi connectivity index (χ3n) is 7.45. The maximum Gasteiger partial charge on any atom is 0.233 e. The molecular weight excluding hydrogens is 709 g/mol. The second-order valence-electron chi connectivity index (χ2n) is 12.3. The topological polar surface area (TPSA) is 150 Å². The monoisotopic (exact) mass is 752 g/mol. The van der Waals surface area contributed by atoms with Crippen LogP contribution in [0.25, 0.3) is 0 Å². The van der Waals surface area contributed by atoms with E-state index in [0.717, 1.165) is 34.1 Å². The first-order chi connectivity index (χ1) is 28.1. The van der Waals surface area contributed by atoms with Gasteiger partial charge in [0.05, 0.1) is 0 Å². The van der Waals surface area contributed by atoms with E-state index >= 15 is 0 Å². The molecule has 6 aromatic carbocycles. The van der Waals surface area contributed by atoms with Gasteiger partial charge in [-0.3, -0.25) is 0 Å². The van der Waals surface area contributed by atoms with Crippen LogP contribution in [0.15, 0.2) is 182 Å². The SMILES string of the molecule is CCC.c1ccc(Nc2nc(Nc3ccccc3)nc(Nc3ccccc3)n2)cc1.c1ccc(Nc2nc(Nc3ccccc3)nc(Nc3ccccc3)n2)cc1. The van der Waals surface area contributed by atoms with E-state index in [9.17, 15) is 0 Å². The Kier molecular flexibility index (Phi) is 14.4. The van der Waals surface area contributed by atoms with Crippen LogP contribution in [0.2, 0.25) is 0 Å². The number of benzene rings is 6. The van der Waals surface area contributed by atoms with Crippen LogP contribution in [-0.2, 0) is 0 Å². The highest BCUT2D eigenvalue weighted by molar-refractivity contribution is 5.63. The van der Waals surface area contributed by atoms with E-state index in [1.54, 1.807) is 0 Å². The minimum absolute atomic E-state index is 0.452. The molecule has 0 bridgehead atoms. The summed E-state index contributed by atoms with van der Waals surface area (Å²) in [6.45, 7) is 4.25. The summed E-state index contributed by atoms with van der Waals surface area (Å²) in [4.78, 5) is 26.9. The van der Waals surface area contributed by atoms with E-state index in [1.807, 2.05) is 182 Å². The molecule has 6 N–H and O–H groups in total. The average molecular weight is 753 g/mol. The summed E-state index contributed by atoms with van der Waals surface area (Å²) in [7, 11) is 0. The van der Waals surface area contributed by atoms with E-state index in [1.165, 1.54) is 6.42 Å². The van der Waals surface area contributed by atoms with Crippen LogP contribution in [-0.4, -0.2) is 29.9 Å². The lowest BCUT2D eigenvalue weighted by Gasteiger charge is -2.11. The molecule has 0 amide bonds. The van der Waals surface area contributed by atoms with Crippen molar-refractivity contribution in [2.24, 2.45) is 0 Å². The van der Waals surface area contributed by atoms with Crippen LogP contribution in [0.4, 0.5) is 69.8 Å². The summed E-state index contributed by atoms with van der Waals surface area (Å²) in [5.74, 6) is 2.71. The van der Waals surface area contributed by atoms with Crippen LogP contribution in [0.5, 0.6) is 0 Å². The predicted molar refractivity (Wildman–Crippen MR) is 234 cm³/mol. The highest BCUT2D eigenvalue weighted by Crippen LogP contribution is 2.22. The Morgan fingerprint density at radius 3 is 0.491 bits per heavy atom. The lowest BCUT2D eigenvalue weighted by atomic mass is 10.3. The highest BCUT2D eigenvalue weighted by atomic mass is 15.3. The van der Waals surface area contributed by atoms with Crippen LogP contribution in [0.1, 0.15) is 20.3 Å². The number of anilines is 12. The normalized spacial score (nSPS) is 10.0. The second-order valence-corrected chi connectivity index (χ2v) is 12.3. The van der Waals surface area contributed by atoms with E-state index in [0.29, 0.717) is 35.7 Å². The third kappa shape index (κ3) is 13.2. The zero-order valence-electron chi connectivity index (χ0n) is 31.7. The van der Waals surface area contributed by atoms with Gasteiger partial charge in [0.25, 0.3) is 0 Å². The number of aromatic nitrogens is 6. The Balaban J connectivity index is 0.000000180. The molecule has 0 aliphatic rings. The fourth-order valence-electron chi connectivity index (χ4n) is 4.99. The molecule has 0 radical (unpaired) electrons. The van der Waals surface area contributed by atoms with Crippen molar-refractivity contribution in [2.45, 2.75) is 20.3 Å². The molecule has 0 saturated heterocycles. The molecule has 0 fully saturated rings. The van der Waals surface area contributed by atoms with Gasteiger partial charge in [-0.1, -0.05) is 129 Å². The fourth-order valence-corrected chi connectivity index (χ4v) is 4.99. The van der Waals surface area contributed by atoms with Crippen molar-refractivity contribution in [3.63, 3.8) is 0 Å². The maximum absolute atomic E-state index is 4.48. The summed E-state index contributed by atoms with van der Waals surface area (Å²) in [5.41, 5.74) is 5.42. The van der Waals surface area contributed by atoms with Gasteiger partial charge in [0.1, 0.15) is 0 Å². The van der Waals surface area contributed by atoms with Crippen LogP contribution >= 0.6 is 0 Å². The highest BCUT2D eigenvalue weighted by Gasteiger charge is 2.10. The molecule has 0 spiro atoms. The molecule has 0 unspecified atom stereocenters. The van der Waals surface area contributed by atoms with Crippen molar-refractivity contribution in [3.8, 4) is 0 Å². The number of hydrogen-bond acceptors (Lipinski definition) is 12. The zero-order valence-corrected chi connectivity index (χ0v) is 31.7. The summed E-state index contributed by atoms with van der Waals surface area (Å²) in [5, 5.41) is 19.3. The van der Waals surface area contributed by atoms with E-state index in [-0.39, 0.29) is 0 Å². The molecule has 0 saturated carbocycles. The Hall–Kier alpha value is -7.86. The van der Waals surface area contributed by atoms with Crippen molar-refractivity contribution in [1.29, 1.82) is 0 Å². The first-order valence-electron chi connectivity index (χ1n) is 18.6. The van der Waals surface area contributed by atoms with Gasteiger partial charge < -0.3 is 31.9 Å². The van der Waals surface area contributed by atoms with Gasteiger partial charge in [-0.2, -0.15) is 29.9 Å². The third-order valence-corrected chi connectivity index (χ3v) is 7.45. The van der Waals surface area contributed by atoms with Gasteiger partial charge in [-0.25, -0.2) is 0 Å². The van der Waals surface area contributed by atoms with Crippen molar-refractivity contribution < 1.29 is 0 Å². The number of para-hydroxylation sites is 6. The van der Waals surface area contributed by atoms with Crippen LogP contribution in [0, 0.1) is 0 Å². The first kappa shape index (κ1) is 38.9. The average Bonchev–Trinajstić information content (AvgIpc) is 3.24. The number of rotatable bonds is 12. The van der Waals surface area contributed by atoms with Crippen LogP contribution < -0.4 is 31.9 Å². The molecule has 12 heteroatoms. The number of hydrogen-bond donors (Lipinski definition) is 6. The predicted octanol–water partition coefficient (Wildman–Crippen LogP) is 11.6. The molecule has 12 nitrogen and oxygen atoms in total. The van der Waals surface area contributed by atoms with Crippen LogP contribution in [0.3, 0.4) is 0 Å². The lowest BCUT2D eigenvalue weighted by Crippen LogP contribution is -2.07. The molecule has 0 atom stereocenters. The summed E-state index contributed by atoms with van der Waals surface area (Å²) in [6.07, 6.45) is 1.25. The fraction of sp³-hybridized carbons (Fsp3) is 0.0667. The summed E-state index contributed by atoms with van der Waals surface area (Å²) < 4.78 is 0. The molecule has 2 aromatic heterocycles. The molecule has 2 heterocycles. The van der Waals surface area contributed by atoms with Gasteiger partial charge in [-0.05, 0) is 72.8 Å². The lowest BCUT2D eigenvalue weighted by molar-refractivity contribution is 1.06. The summed E-state index contributed by atoms with van der Waals surface area (Å²) >= 11 is 0. The molecule has 0 aliphatic heterocycles. The van der Waals surface area contributed by atoms with Gasteiger partial charge in [0.2, 0.25) is 35.7 Å². The Morgan fingerprint density at radius 1 is 0.246 bits per heavy atom. The quantitative estimate of drug-likeness (QED) is 0.0705. The standard InChI is InChI=1S/2C21H18N6.C3H8/c2*1-4-10-16(11-5-1)22-19-25-20(23-17-12-6-2-7-13-17)27-21(26-19)24-18-14-8-3-9-15-18;1-3-2/h2*1-15H,(H3,22,23,24,25,26,27);3H2,1-2H3. The number of nitrogens with one attached hydrogen (secondary N) is 6. The van der Waals surface area contributed by atoms with Crippen molar-refractivity contribution in [2.75, 3.05) is 31.9 Å². The minimum atomic E-state index is 0.452. The van der Waals surface area contributed by atoms with Crippen molar-refractivity contribution >= 4 is 69.8 Å². The number of nitrogens with zero attached hydrogens (tertiary/aromatic N) is 6. The van der Waals surface area contributed by atoms with Gasteiger partial charge in [-0.15, -0.1) is 0 Å². The van der Waals surface area contributed by atoms with Crippen molar-refractivity contribution in [1.82, 2.24) is 29.9 Å². The van der Waals surface area contributed by atoms with Crippen molar-refractivity contribution in [3.05, 3.63) is 182 Å². The zero-order chi connectivity index (χ0) is 39.3. The second kappa shape index (κ2) is 21.1. The van der Waals surface area contributed by atoms with Gasteiger partial charge in [0, 0.05) is 34.1 Å². The largest absolute Gasteiger partial charge is 0.324 e.